The fourth-order valence-electron chi connectivity index (χ4n) is 2.36. The molecule has 6 nitrogen and oxygen atoms in total. The average Bonchev–Trinajstić information content (AvgIpc) is 2.67. The zero-order valence-corrected chi connectivity index (χ0v) is 17.0. The summed E-state index contributed by atoms with van der Waals surface area (Å²) in [7, 11) is 0. The summed E-state index contributed by atoms with van der Waals surface area (Å²) in [6.07, 6.45) is 0.857. The molecule has 1 amide bonds. The van der Waals surface area contributed by atoms with E-state index < -0.39 is 18.5 Å². The summed E-state index contributed by atoms with van der Waals surface area (Å²) in [5.41, 5.74) is 1.71. The van der Waals surface area contributed by atoms with Crippen LogP contribution in [0.4, 0.5) is 5.69 Å². The molecular weight excluding hydrogens is 382 g/mol. The number of hydrogen-bond acceptors (Lipinski definition) is 5. The van der Waals surface area contributed by atoms with Gasteiger partial charge in [-0.25, -0.2) is 4.79 Å². The monoisotopic (exact) mass is 405 g/mol. The number of benzene rings is 2. The Morgan fingerprint density at radius 2 is 1.82 bits per heavy atom. The van der Waals surface area contributed by atoms with E-state index >= 15 is 0 Å². The topological polar surface area (TPSA) is 73.9 Å². The molecule has 0 aliphatic heterocycles. The van der Waals surface area contributed by atoms with E-state index in [1.54, 1.807) is 30.3 Å². The Bertz CT molecular complexity index is 838. The molecular formula is C21H24ClNO5. The van der Waals surface area contributed by atoms with Crippen LogP contribution in [0.5, 0.6) is 11.5 Å². The Labute approximate surface area is 169 Å². The van der Waals surface area contributed by atoms with Gasteiger partial charge in [-0.3, -0.25) is 4.79 Å². The lowest BCUT2D eigenvalue weighted by atomic mass is 10.2. The molecule has 0 heterocycles. The van der Waals surface area contributed by atoms with Crippen molar-refractivity contribution in [3.63, 3.8) is 0 Å². The van der Waals surface area contributed by atoms with Crippen LogP contribution in [0, 0.1) is 6.92 Å². The lowest BCUT2D eigenvalue weighted by molar-refractivity contribution is -0.119. The molecule has 0 saturated carbocycles. The van der Waals surface area contributed by atoms with E-state index in [4.69, 9.17) is 25.8 Å². The van der Waals surface area contributed by atoms with Gasteiger partial charge in [-0.2, -0.15) is 0 Å². The summed E-state index contributed by atoms with van der Waals surface area (Å²) in [6, 6.07) is 10.0. The van der Waals surface area contributed by atoms with Gasteiger partial charge in [0, 0.05) is 0 Å². The molecule has 2 aromatic carbocycles. The lowest BCUT2D eigenvalue weighted by Gasteiger charge is -2.13. The highest BCUT2D eigenvalue weighted by Crippen LogP contribution is 2.29. The van der Waals surface area contributed by atoms with Crippen LogP contribution in [0.3, 0.4) is 0 Å². The van der Waals surface area contributed by atoms with Crippen molar-refractivity contribution in [2.75, 3.05) is 25.1 Å². The second-order valence-electron chi connectivity index (χ2n) is 6.05. The average molecular weight is 406 g/mol. The van der Waals surface area contributed by atoms with Gasteiger partial charge < -0.3 is 19.5 Å². The fraction of sp³-hybridized carbons (Fsp3) is 0.333. The predicted molar refractivity (Wildman–Crippen MR) is 108 cm³/mol. The van der Waals surface area contributed by atoms with E-state index in [2.05, 4.69) is 5.32 Å². The smallest absolute Gasteiger partial charge is 0.338 e. The maximum Gasteiger partial charge on any atom is 0.338 e. The van der Waals surface area contributed by atoms with Crippen molar-refractivity contribution in [1.29, 1.82) is 0 Å². The summed E-state index contributed by atoms with van der Waals surface area (Å²) in [4.78, 5) is 24.3. The number of nitrogens with one attached hydrogen (secondary N) is 1. The molecule has 150 valence electrons. The van der Waals surface area contributed by atoms with Gasteiger partial charge in [-0.15, -0.1) is 0 Å². The molecule has 2 rings (SSSR count). The first-order valence-corrected chi connectivity index (χ1v) is 9.45. The van der Waals surface area contributed by atoms with Gasteiger partial charge in [0.15, 0.2) is 18.1 Å². The van der Waals surface area contributed by atoms with Crippen molar-refractivity contribution in [3.05, 3.63) is 52.5 Å². The van der Waals surface area contributed by atoms with Crippen LogP contribution in [0.15, 0.2) is 36.4 Å². The van der Waals surface area contributed by atoms with Crippen LogP contribution in [0.2, 0.25) is 5.02 Å². The number of carbonyl (C=O) groups excluding carboxylic acids is 2. The van der Waals surface area contributed by atoms with Crippen molar-refractivity contribution >= 4 is 29.2 Å². The molecule has 2 aromatic rings. The van der Waals surface area contributed by atoms with Crippen LogP contribution < -0.4 is 14.8 Å². The first kappa shape index (κ1) is 21.6. The Balaban J connectivity index is 1.97. The number of rotatable bonds is 9. The molecule has 0 aliphatic carbocycles. The van der Waals surface area contributed by atoms with Crippen molar-refractivity contribution in [1.82, 2.24) is 0 Å². The summed E-state index contributed by atoms with van der Waals surface area (Å²) < 4.78 is 16.2. The van der Waals surface area contributed by atoms with Gasteiger partial charge in [-0.1, -0.05) is 24.6 Å². The van der Waals surface area contributed by atoms with Gasteiger partial charge in [0.25, 0.3) is 5.91 Å². The molecule has 0 unspecified atom stereocenters. The Hall–Kier alpha value is -2.73. The number of amides is 1. The highest BCUT2D eigenvalue weighted by atomic mass is 35.5. The van der Waals surface area contributed by atoms with Crippen molar-refractivity contribution in [3.8, 4) is 11.5 Å². The minimum absolute atomic E-state index is 0.272. The zero-order chi connectivity index (χ0) is 20.5. The van der Waals surface area contributed by atoms with Crippen LogP contribution in [-0.2, 0) is 9.53 Å². The molecule has 7 heteroatoms. The third-order valence-electron chi connectivity index (χ3n) is 3.67. The maximum atomic E-state index is 12.3. The minimum atomic E-state index is -0.631. The largest absolute Gasteiger partial charge is 0.490 e. The van der Waals surface area contributed by atoms with Gasteiger partial charge in [0.05, 0.1) is 29.5 Å². The number of aryl methyl sites for hydroxylation is 1. The maximum absolute atomic E-state index is 12.3. The zero-order valence-electron chi connectivity index (χ0n) is 16.2. The van der Waals surface area contributed by atoms with E-state index in [1.165, 1.54) is 0 Å². The first-order valence-electron chi connectivity index (χ1n) is 9.07. The predicted octanol–water partition coefficient (Wildman–Crippen LogP) is 4.63. The third-order valence-corrected chi connectivity index (χ3v) is 3.99. The molecule has 0 radical (unpaired) electrons. The highest BCUT2D eigenvalue weighted by Gasteiger charge is 2.15. The Morgan fingerprint density at radius 1 is 1.04 bits per heavy atom. The second kappa shape index (κ2) is 10.6. The van der Waals surface area contributed by atoms with Gasteiger partial charge in [0.2, 0.25) is 0 Å². The van der Waals surface area contributed by atoms with Crippen molar-refractivity contribution < 1.29 is 23.8 Å². The van der Waals surface area contributed by atoms with Gasteiger partial charge in [0.1, 0.15) is 0 Å². The molecule has 0 aliphatic rings. The van der Waals surface area contributed by atoms with Crippen molar-refractivity contribution in [2.24, 2.45) is 0 Å². The number of esters is 1. The number of ether oxygens (including phenoxy) is 3. The quantitative estimate of drug-likeness (QED) is 0.615. The number of carbonyl (C=O) groups is 2. The van der Waals surface area contributed by atoms with Crippen molar-refractivity contribution in [2.45, 2.75) is 27.2 Å². The molecule has 1 N–H and O–H groups in total. The van der Waals surface area contributed by atoms with Crippen LogP contribution in [0.25, 0.3) is 0 Å². The lowest BCUT2D eigenvalue weighted by Crippen LogP contribution is -2.21. The van der Waals surface area contributed by atoms with Crippen LogP contribution in [0.1, 0.15) is 36.2 Å². The number of anilines is 1. The first-order chi connectivity index (χ1) is 13.4. The second-order valence-corrected chi connectivity index (χ2v) is 6.46. The van der Waals surface area contributed by atoms with E-state index in [0.29, 0.717) is 35.4 Å². The molecule has 0 fully saturated rings. The molecule has 0 aromatic heterocycles. The molecule has 0 saturated heterocycles. The fourth-order valence-corrected chi connectivity index (χ4v) is 2.64. The molecule has 0 atom stereocenters. The van der Waals surface area contributed by atoms with Crippen LogP contribution >= 0.6 is 11.6 Å². The molecule has 0 bridgehead atoms. The molecule has 0 spiro atoms. The highest BCUT2D eigenvalue weighted by molar-refractivity contribution is 6.33. The normalized spacial score (nSPS) is 10.3. The van der Waals surface area contributed by atoms with E-state index in [1.807, 2.05) is 26.8 Å². The summed E-state index contributed by atoms with van der Waals surface area (Å²) in [5, 5.41) is 3.04. The number of halogens is 1. The van der Waals surface area contributed by atoms with Crippen LogP contribution in [-0.4, -0.2) is 31.7 Å². The van der Waals surface area contributed by atoms with Gasteiger partial charge >= 0.3 is 5.97 Å². The Kier molecular flexibility index (Phi) is 8.14. The summed E-state index contributed by atoms with van der Waals surface area (Å²) in [6.45, 7) is 6.29. The number of hydrogen-bond donors (Lipinski definition) is 1. The minimum Gasteiger partial charge on any atom is -0.490 e. The standard InChI is InChI=1S/C21H24ClNO5/c1-4-10-27-18-9-7-15(12-19(18)26-5-2)21(25)28-13-20(24)23-17-8-6-14(3)11-16(17)22/h6-9,11-12H,4-5,10,13H2,1-3H3,(H,23,24). The van der Waals surface area contributed by atoms with E-state index in [0.717, 1.165) is 12.0 Å². The van der Waals surface area contributed by atoms with E-state index in [-0.39, 0.29) is 5.56 Å². The third kappa shape index (κ3) is 6.16. The summed E-state index contributed by atoms with van der Waals surface area (Å²) >= 11 is 6.08. The van der Waals surface area contributed by atoms with Gasteiger partial charge in [-0.05, 0) is 56.2 Å². The summed E-state index contributed by atoms with van der Waals surface area (Å²) in [5.74, 6) is -0.0894. The SMILES string of the molecule is CCCOc1ccc(C(=O)OCC(=O)Nc2ccc(C)cc2Cl)cc1OCC. The Morgan fingerprint density at radius 3 is 2.50 bits per heavy atom. The van der Waals surface area contributed by atoms with E-state index in [9.17, 15) is 9.59 Å². The molecule has 28 heavy (non-hydrogen) atoms.